The van der Waals surface area contributed by atoms with Crippen molar-refractivity contribution in [2.45, 2.75) is 0 Å². The molecule has 5 nitrogen and oxygen atoms in total. The van der Waals surface area contributed by atoms with E-state index >= 15 is 0 Å². The van der Waals surface area contributed by atoms with Crippen molar-refractivity contribution in [1.82, 2.24) is 9.97 Å². The van der Waals surface area contributed by atoms with Crippen molar-refractivity contribution < 1.29 is 4.74 Å². The molecule has 0 radical (unpaired) electrons. The number of hydrogen-bond donors (Lipinski definition) is 1. The number of ether oxygens (including phenoxy) is 1. The second-order valence-corrected chi connectivity index (χ2v) is 6.63. The van der Waals surface area contributed by atoms with Crippen molar-refractivity contribution in [2.24, 2.45) is 0 Å². The predicted molar refractivity (Wildman–Crippen MR) is 102 cm³/mol. The Morgan fingerprint density at radius 3 is 2.64 bits per heavy atom. The van der Waals surface area contributed by atoms with Crippen LogP contribution < -0.4 is 10.6 Å². The van der Waals surface area contributed by atoms with Gasteiger partial charge in [-0.15, -0.1) is 0 Å². The summed E-state index contributed by atoms with van der Waals surface area (Å²) in [6.07, 6.45) is 1.47. The molecule has 3 aromatic rings. The summed E-state index contributed by atoms with van der Waals surface area (Å²) in [7, 11) is 0. The first-order valence-corrected chi connectivity index (χ1v) is 8.72. The summed E-state index contributed by atoms with van der Waals surface area (Å²) in [5.41, 5.74) is 9.63. The highest BCUT2D eigenvalue weighted by atomic mass is 35.5. The fourth-order valence-corrected chi connectivity index (χ4v) is 3.50. The van der Waals surface area contributed by atoms with Crippen LogP contribution in [-0.4, -0.2) is 36.3 Å². The van der Waals surface area contributed by atoms with Crippen molar-refractivity contribution in [3.05, 3.63) is 46.7 Å². The second-order valence-electron chi connectivity index (χ2n) is 5.85. The lowest BCUT2D eigenvalue weighted by Crippen LogP contribution is -2.36. The Morgan fingerprint density at radius 1 is 1.04 bits per heavy atom. The number of nitrogens with zero attached hydrogens (tertiary/aromatic N) is 3. The highest BCUT2D eigenvalue weighted by molar-refractivity contribution is 6.44. The lowest BCUT2D eigenvalue weighted by Gasteiger charge is -2.29. The molecule has 0 saturated carbocycles. The molecule has 1 aliphatic heterocycles. The molecule has 0 atom stereocenters. The number of halogens is 2. The van der Waals surface area contributed by atoms with Gasteiger partial charge < -0.3 is 15.4 Å². The fraction of sp³-hybridized carbons (Fsp3) is 0.222. The lowest BCUT2D eigenvalue weighted by molar-refractivity contribution is 0.122. The lowest BCUT2D eigenvalue weighted by atomic mass is 10.0. The number of morpholine rings is 1. The zero-order chi connectivity index (χ0) is 17.4. The Hall–Kier alpha value is -2.08. The third-order valence-electron chi connectivity index (χ3n) is 4.37. The number of nitrogen functional groups attached to an aromatic ring is 1. The summed E-state index contributed by atoms with van der Waals surface area (Å²) in [6, 6.07) is 9.69. The minimum Gasteiger partial charge on any atom is -0.383 e. The Labute approximate surface area is 155 Å². The molecule has 0 spiro atoms. The molecule has 4 rings (SSSR count). The molecule has 1 aromatic heterocycles. The van der Waals surface area contributed by atoms with E-state index in [1.165, 1.54) is 6.33 Å². The normalized spacial score (nSPS) is 14.9. The van der Waals surface area contributed by atoms with E-state index in [0.29, 0.717) is 29.1 Å². The molecule has 128 valence electrons. The summed E-state index contributed by atoms with van der Waals surface area (Å²) in [5, 5.41) is 1.81. The minimum atomic E-state index is 0.444. The van der Waals surface area contributed by atoms with Gasteiger partial charge in [-0.25, -0.2) is 9.97 Å². The van der Waals surface area contributed by atoms with E-state index in [-0.39, 0.29) is 0 Å². The molecule has 25 heavy (non-hydrogen) atoms. The van der Waals surface area contributed by atoms with E-state index < -0.39 is 0 Å². The Morgan fingerprint density at radius 2 is 1.84 bits per heavy atom. The molecule has 1 saturated heterocycles. The first kappa shape index (κ1) is 16.4. The largest absolute Gasteiger partial charge is 0.383 e. The van der Waals surface area contributed by atoms with E-state index in [1.807, 2.05) is 18.2 Å². The average molecular weight is 375 g/mol. The van der Waals surface area contributed by atoms with Gasteiger partial charge in [0.2, 0.25) is 0 Å². The maximum absolute atomic E-state index is 6.47. The van der Waals surface area contributed by atoms with Gasteiger partial charge >= 0.3 is 0 Å². The molecule has 2 aromatic carbocycles. The number of aromatic nitrogens is 2. The van der Waals surface area contributed by atoms with Gasteiger partial charge in [-0.2, -0.15) is 0 Å². The topological polar surface area (TPSA) is 64.3 Å². The smallest absolute Gasteiger partial charge is 0.134 e. The minimum absolute atomic E-state index is 0.444. The van der Waals surface area contributed by atoms with Crippen LogP contribution >= 0.6 is 23.2 Å². The van der Waals surface area contributed by atoms with E-state index in [1.54, 1.807) is 6.07 Å². The summed E-state index contributed by atoms with van der Waals surface area (Å²) < 4.78 is 5.45. The number of rotatable bonds is 2. The quantitative estimate of drug-likeness (QED) is 0.733. The van der Waals surface area contributed by atoms with Crippen LogP contribution in [0.15, 0.2) is 36.7 Å². The molecule has 0 aliphatic carbocycles. The van der Waals surface area contributed by atoms with Gasteiger partial charge in [-0.3, -0.25) is 0 Å². The zero-order valence-electron chi connectivity index (χ0n) is 13.4. The van der Waals surface area contributed by atoms with Crippen molar-refractivity contribution in [2.75, 3.05) is 36.9 Å². The van der Waals surface area contributed by atoms with Crippen molar-refractivity contribution in [3.63, 3.8) is 0 Å². The van der Waals surface area contributed by atoms with Gasteiger partial charge in [0.05, 0.1) is 28.8 Å². The van der Waals surface area contributed by atoms with E-state index in [4.69, 9.17) is 33.7 Å². The molecule has 1 fully saturated rings. The van der Waals surface area contributed by atoms with Crippen LogP contribution in [0.5, 0.6) is 0 Å². The Balaban J connectivity index is 1.98. The van der Waals surface area contributed by atoms with Crippen LogP contribution in [0.1, 0.15) is 0 Å². The Kier molecular flexibility index (Phi) is 4.37. The van der Waals surface area contributed by atoms with Gasteiger partial charge in [-0.05, 0) is 18.2 Å². The summed E-state index contributed by atoms with van der Waals surface area (Å²) in [6.45, 7) is 3.04. The molecule has 7 heteroatoms. The van der Waals surface area contributed by atoms with Crippen LogP contribution in [0.2, 0.25) is 10.0 Å². The average Bonchev–Trinajstić information content (AvgIpc) is 2.64. The SMILES string of the molecule is Nc1ncnc2c(-c3cccc(Cl)c3Cl)cc(N3CCOCC3)cc12. The monoisotopic (exact) mass is 374 g/mol. The van der Waals surface area contributed by atoms with Crippen LogP contribution in [0.4, 0.5) is 11.5 Å². The second kappa shape index (κ2) is 6.67. The molecule has 1 aliphatic rings. The molecule has 2 N–H and O–H groups in total. The first-order chi connectivity index (χ1) is 12.1. The summed E-state index contributed by atoms with van der Waals surface area (Å²) in [5.74, 6) is 0.444. The number of benzene rings is 2. The fourth-order valence-electron chi connectivity index (χ4n) is 3.09. The number of nitrogens with two attached hydrogens (primary N) is 1. The number of hydrogen-bond acceptors (Lipinski definition) is 5. The van der Waals surface area contributed by atoms with Gasteiger partial charge in [0.1, 0.15) is 12.1 Å². The summed E-state index contributed by atoms with van der Waals surface area (Å²) in [4.78, 5) is 10.8. The van der Waals surface area contributed by atoms with Crippen LogP contribution in [0.3, 0.4) is 0 Å². The van der Waals surface area contributed by atoms with Crippen LogP contribution in [-0.2, 0) is 4.74 Å². The number of anilines is 2. The van der Waals surface area contributed by atoms with Crippen molar-refractivity contribution >= 4 is 45.6 Å². The third kappa shape index (κ3) is 2.99. The molecule has 0 amide bonds. The van der Waals surface area contributed by atoms with Crippen LogP contribution in [0.25, 0.3) is 22.0 Å². The standard InChI is InChI=1S/C18H16Cl2N4O/c19-15-3-1-2-12(16(15)20)13-8-11(24-4-6-25-7-5-24)9-14-17(13)22-10-23-18(14)21/h1-3,8-10H,4-7H2,(H2,21,22,23). The predicted octanol–water partition coefficient (Wildman–Crippen LogP) is 4.02. The van der Waals surface area contributed by atoms with E-state index in [0.717, 1.165) is 40.8 Å². The van der Waals surface area contributed by atoms with Gasteiger partial charge in [0.25, 0.3) is 0 Å². The molecular weight excluding hydrogens is 359 g/mol. The van der Waals surface area contributed by atoms with Gasteiger partial charge in [0.15, 0.2) is 0 Å². The van der Waals surface area contributed by atoms with Gasteiger partial charge in [0, 0.05) is 35.3 Å². The number of fused-ring (bicyclic) bond motifs is 1. The highest BCUT2D eigenvalue weighted by Crippen LogP contribution is 2.39. The van der Waals surface area contributed by atoms with Gasteiger partial charge in [-0.1, -0.05) is 35.3 Å². The molecule has 0 bridgehead atoms. The van der Waals surface area contributed by atoms with Crippen molar-refractivity contribution in [3.8, 4) is 11.1 Å². The highest BCUT2D eigenvalue weighted by Gasteiger charge is 2.18. The zero-order valence-corrected chi connectivity index (χ0v) is 14.9. The molecule has 2 heterocycles. The third-order valence-corrected chi connectivity index (χ3v) is 5.19. The maximum Gasteiger partial charge on any atom is 0.134 e. The van der Waals surface area contributed by atoms with E-state index in [9.17, 15) is 0 Å². The summed E-state index contributed by atoms with van der Waals surface area (Å²) >= 11 is 12.7. The Bertz CT molecular complexity index is 942. The van der Waals surface area contributed by atoms with E-state index in [2.05, 4.69) is 20.9 Å². The molecular formula is C18H16Cl2N4O. The first-order valence-electron chi connectivity index (χ1n) is 7.96. The van der Waals surface area contributed by atoms with Crippen molar-refractivity contribution in [1.29, 1.82) is 0 Å². The van der Waals surface area contributed by atoms with Crippen LogP contribution in [0, 0.1) is 0 Å². The molecule has 0 unspecified atom stereocenters. The maximum atomic E-state index is 6.47.